The molecule has 0 saturated heterocycles. The molecule has 9 heteroatoms. The van der Waals surface area contributed by atoms with Crippen molar-refractivity contribution >= 4 is 23.5 Å². The van der Waals surface area contributed by atoms with Gasteiger partial charge in [-0.25, -0.2) is 4.79 Å². The number of amides is 1. The summed E-state index contributed by atoms with van der Waals surface area (Å²) in [5.41, 5.74) is 5.22. The summed E-state index contributed by atoms with van der Waals surface area (Å²) in [6.45, 7) is 0.349. The second kappa shape index (κ2) is 5.79. The van der Waals surface area contributed by atoms with E-state index in [0.717, 1.165) is 5.56 Å². The molecule has 0 saturated carbocycles. The van der Waals surface area contributed by atoms with Crippen LogP contribution in [0.25, 0.3) is 11.2 Å². The number of nitrogens with one attached hydrogen (secondary N) is 3. The number of hydrogen-bond donors (Lipinski definition) is 3. The van der Waals surface area contributed by atoms with E-state index in [9.17, 15) is 14.4 Å². The van der Waals surface area contributed by atoms with Gasteiger partial charge in [-0.3, -0.25) is 34.6 Å². The molecule has 23 heavy (non-hydrogen) atoms. The third kappa shape index (κ3) is 2.59. The number of aromatic nitrogens is 4. The molecule has 1 aromatic carbocycles. The Morgan fingerprint density at radius 1 is 1.26 bits per heavy atom. The van der Waals surface area contributed by atoms with Gasteiger partial charge in [0.05, 0.1) is 6.54 Å². The fourth-order valence-corrected chi connectivity index (χ4v) is 2.34. The van der Waals surface area contributed by atoms with Crippen molar-refractivity contribution in [3.05, 3.63) is 56.7 Å². The minimum Gasteiger partial charge on any atom is -0.298 e. The van der Waals surface area contributed by atoms with Gasteiger partial charge in [-0.05, 0) is 5.56 Å². The maximum absolute atomic E-state index is 12.2. The summed E-state index contributed by atoms with van der Waals surface area (Å²) in [4.78, 5) is 40.9. The molecule has 3 N–H and O–H groups in total. The van der Waals surface area contributed by atoms with Gasteiger partial charge in [0.15, 0.2) is 11.2 Å². The van der Waals surface area contributed by atoms with Crippen molar-refractivity contribution in [1.29, 1.82) is 0 Å². The number of imidazole rings is 1. The van der Waals surface area contributed by atoms with E-state index in [1.807, 2.05) is 30.3 Å². The van der Waals surface area contributed by atoms with Crippen LogP contribution in [0, 0.1) is 0 Å². The molecule has 1 amide bonds. The summed E-state index contributed by atoms with van der Waals surface area (Å²) in [7, 11) is 1.51. The number of fused-ring (bicyclic) bond motifs is 1. The van der Waals surface area contributed by atoms with Crippen LogP contribution in [0.3, 0.4) is 0 Å². The Morgan fingerprint density at radius 3 is 2.70 bits per heavy atom. The van der Waals surface area contributed by atoms with Gasteiger partial charge in [0, 0.05) is 7.05 Å². The molecule has 0 atom stereocenters. The van der Waals surface area contributed by atoms with Crippen molar-refractivity contribution in [2.45, 2.75) is 6.54 Å². The van der Waals surface area contributed by atoms with Gasteiger partial charge in [-0.2, -0.15) is 4.98 Å². The highest BCUT2D eigenvalue weighted by molar-refractivity contribution is 5.74. The summed E-state index contributed by atoms with van der Waals surface area (Å²) in [6, 6.07) is 9.45. The molecule has 0 radical (unpaired) electrons. The Hall–Kier alpha value is -3.36. The zero-order valence-electron chi connectivity index (χ0n) is 12.2. The summed E-state index contributed by atoms with van der Waals surface area (Å²) in [5, 5.41) is 0. The summed E-state index contributed by atoms with van der Waals surface area (Å²) >= 11 is 0. The lowest BCUT2D eigenvalue weighted by Gasteiger charge is -2.09. The standard InChI is InChI=1S/C14H14N6O3/c1-19-11-10(12(22)17-14(19)23)20(13(16-11)18-15-8-21)7-9-5-3-2-4-6-9/h2-6,8H,7H2,1H3,(H,15,21)(H,16,18)(H,17,22,23). The van der Waals surface area contributed by atoms with E-state index >= 15 is 0 Å². The first-order chi connectivity index (χ1) is 11.1. The van der Waals surface area contributed by atoms with Gasteiger partial charge in [0.2, 0.25) is 12.4 Å². The molecule has 0 aliphatic rings. The quantitative estimate of drug-likeness (QED) is 0.436. The minimum absolute atomic E-state index is 0.227. The van der Waals surface area contributed by atoms with Gasteiger partial charge < -0.3 is 0 Å². The molecule has 118 valence electrons. The van der Waals surface area contributed by atoms with Crippen LogP contribution in [-0.2, 0) is 18.4 Å². The molecule has 3 aromatic rings. The molecule has 0 aliphatic heterocycles. The van der Waals surface area contributed by atoms with Crippen molar-refractivity contribution in [2.75, 3.05) is 5.43 Å². The third-order valence-electron chi connectivity index (χ3n) is 3.43. The predicted octanol–water partition coefficient (Wildman–Crippen LogP) is -0.455. The lowest BCUT2D eigenvalue weighted by atomic mass is 10.2. The Bertz CT molecular complexity index is 970. The molecule has 2 aromatic heterocycles. The maximum Gasteiger partial charge on any atom is 0.329 e. The van der Waals surface area contributed by atoms with Gasteiger partial charge in [-0.15, -0.1) is 0 Å². The Labute approximate surface area is 129 Å². The van der Waals surface area contributed by atoms with Gasteiger partial charge in [-0.1, -0.05) is 30.3 Å². The fourth-order valence-electron chi connectivity index (χ4n) is 2.34. The minimum atomic E-state index is -0.554. The molecule has 0 fully saturated rings. The molecule has 0 aliphatic carbocycles. The van der Waals surface area contributed by atoms with Crippen LogP contribution >= 0.6 is 0 Å². The highest BCUT2D eigenvalue weighted by Gasteiger charge is 2.17. The van der Waals surface area contributed by atoms with Crippen molar-refractivity contribution in [3.63, 3.8) is 0 Å². The molecular formula is C14H14N6O3. The molecule has 0 bridgehead atoms. The zero-order chi connectivity index (χ0) is 16.4. The molecular weight excluding hydrogens is 300 g/mol. The van der Waals surface area contributed by atoms with Crippen LogP contribution in [0.1, 0.15) is 5.56 Å². The first-order valence-corrected chi connectivity index (χ1v) is 6.80. The SMILES string of the molecule is Cn1c(=O)[nH]c(=O)c2c1nc(NNC=O)n2Cc1ccccc1. The second-order valence-electron chi connectivity index (χ2n) is 4.88. The number of H-pyrrole nitrogens is 1. The normalized spacial score (nSPS) is 10.7. The number of nitrogens with zero attached hydrogens (tertiary/aromatic N) is 3. The lowest BCUT2D eigenvalue weighted by molar-refractivity contribution is -0.109. The van der Waals surface area contributed by atoms with E-state index in [-0.39, 0.29) is 17.1 Å². The fraction of sp³-hybridized carbons (Fsp3) is 0.143. The van der Waals surface area contributed by atoms with Gasteiger partial charge in [0.25, 0.3) is 5.56 Å². The lowest BCUT2D eigenvalue weighted by Crippen LogP contribution is -2.29. The van der Waals surface area contributed by atoms with Crippen LogP contribution in [0.4, 0.5) is 5.95 Å². The number of anilines is 1. The summed E-state index contributed by atoms with van der Waals surface area (Å²) in [6.07, 6.45) is 0.454. The van der Waals surface area contributed by atoms with E-state index in [4.69, 9.17) is 0 Å². The Balaban J connectivity index is 2.23. The van der Waals surface area contributed by atoms with Crippen molar-refractivity contribution in [1.82, 2.24) is 24.5 Å². The van der Waals surface area contributed by atoms with Crippen LogP contribution in [0.15, 0.2) is 39.9 Å². The number of aromatic amines is 1. The maximum atomic E-state index is 12.2. The molecule has 0 spiro atoms. The van der Waals surface area contributed by atoms with Crippen molar-refractivity contribution < 1.29 is 4.79 Å². The average molecular weight is 314 g/mol. The number of benzene rings is 1. The highest BCUT2D eigenvalue weighted by atomic mass is 16.2. The number of carbonyl (C=O) groups excluding carboxylic acids is 1. The molecule has 3 rings (SSSR count). The van der Waals surface area contributed by atoms with Crippen molar-refractivity contribution in [3.8, 4) is 0 Å². The number of carbonyl (C=O) groups is 1. The van der Waals surface area contributed by atoms with Gasteiger partial charge in [0.1, 0.15) is 0 Å². The monoisotopic (exact) mass is 314 g/mol. The third-order valence-corrected chi connectivity index (χ3v) is 3.43. The highest BCUT2D eigenvalue weighted by Crippen LogP contribution is 2.16. The average Bonchev–Trinajstić information content (AvgIpc) is 2.91. The Morgan fingerprint density at radius 2 is 2.00 bits per heavy atom. The summed E-state index contributed by atoms with van der Waals surface area (Å²) in [5.74, 6) is 0.252. The van der Waals surface area contributed by atoms with Crippen LogP contribution < -0.4 is 22.1 Å². The van der Waals surface area contributed by atoms with Crippen LogP contribution in [-0.4, -0.2) is 25.5 Å². The topological polar surface area (TPSA) is 114 Å². The number of hydrazine groups is 1. The first-order valence-electron chi connectivity index (χ1n) is 6.80. The number of hydrogen-bond acceptors (Lipinski definition) is 5. The van der Waals surface area contributed by atoms with E-state index in [1.54, 1.807) is 4.57 Å². The largest absolute Gasteiger partial charge is 0.329 e. The molecule has 9 nitrogen and oxygen atoms in total. The van der Waals surface area contributed by atoms with E-state index in [2.05, 4.69) is 20.8 Å². The number of rotatable bonds is 5. The Kier molecular flexibility index (Phi) is 3.67. The van der Waals surface area contributed by atoms with E-state index in [0.29, 0.717) is 13.0 Å². The zero-order valence-corrected chi connectivity index (χ0v) is 12.2. The van der Waals surface area contributed by atoms with E-state index < -0.39 is 11.2 Å². The van der Waals surface area contributed by atoms with Crippen molar-refractivity contribution in [2.24, 2.45) is 7.05 Å². The van der Waals surface area contributed by atoms with Gasteiger partial charge >= 0.3 is 5.69 Å². The van der Waals surface area contributed by atoms with Crippen LogP contribution in [0.5, 0.6) is 0 Å². The number of aryl methyl sites for hydroxylation is 1. The van der Waals surface area contributed by atoms with Crippen LogP contribution in [0.2, 0.25) is 0 Å². The van der Waals surface area contributed by atoms with E-state index in [1.165, 1.54) is 11.6 Å². The predicted molar refractivity (Wildman–Crippen MR) is 84.0 cm³/mol. The molecule has 2 heterocycles. The second-order valence-corrected chi connectivity index (χ2v) is 4.88. The smallest absolute Gasteiger partial charge is 0.298 e. The molecule has 0 unspecified atom stereocenters. The first kappa shape index (κ1) is 14.6. The summed E-state index contributed by atoms with van der Waals surface area (Å²) < 4.78 is 2.84.